The first-order chi connectivity index (χ1) is 16.9. The molecule has 0 bridgehead atoms. The van der Waals surface area contributed by atoms with Crippen LogP contribution < -0.4 is 16.4 Å². The summed E-state index contributed by atoms with van der Waals surface area (Å²) in [6.45, 7) is 5.85. The number of oxazole rings is 1. The van der Waals surface area contributed by atoms with E-state index in [1.807, 2.05) is 45.0 Å². The Hall–Kier alpha value is -4.73. The molecule has 0 aliphatic rings. The number of nitrogens with one attached hydrogen (secondary N) is 2. The molecule has 5 rings (SSSR count). The van der Waals surface area contributed by atoms with Gasteiger partial charge in [0.05, 0.1) is 11.2 Å². The molecule has 0 fully saturated rings. The van der Waals surface area contributed by atoms with E-state index in [0.29, 0.717) is 28.4 Å². The van der Waals surface area contributed by atoms with Gasteiger partial charge in [0, 0.05) is 17.1 Å². The highest BCUT2D eigenvalue weighted by atomic mass is 16.4. The summed E-state index contributed by atoms with van der Waals surface area (Å²) in [5, 5.41) is 19.0. The lowest BCUT2D eigenvalue weighted by Crippen LogP contribution is -2.24. The first-order valence-corrected chi connectivity index (χ1v) is 11.0. The molecule has 10 heteroatoms. The van der Waals surface area contributed by atoms with Gasteiger partial charge in [-0.3, -0.25) is 9.36 Å². The lowest BCUT2D eigenvalue weighted by Gasteiger charge is -2.09. The first kappa shape index (κ1) is 22.1. The standard InChI is InChI=1S/C25H23N7O3/c1-15-16(2)30-32(17(15)3)23-13-12-22(28-29-23)26-18-8-10-19(11-9-18)27-24(33)14-31-20-6-4-5-7-21(20)35-25(31)34/h4-13H,14H2,1-3H3,(H,26,28)(H,27,33). The molecule has 0 saturated heterocycles. The molecule has 35 heavy (non-hydrogen) atoms. The van der Waals surface area contributed by atoms with E-state index < -0.39 is 5.76 Å². The maximum Gasteiger partial charge on any atom is 0.420 e. The van der Waals surface area contributed by atoms with Gasteiger partial charge in [-0.15, -0.1) is 10.2 Å². The number of rotatable bonds is 6. The summed E-state index contributed by atoms with van der Waals surface area (Å²) in [7, 11) is 0. The van der Waals surface area contributed by atoms with Crippen molar-refractivity contribution in [2.24, 2.45) is 0 Å². The minimum Gasteiger partial charge on any atom is -0.408 e. The Bertz CT molecular complexity index is 1580. The van der Waals surface area contributed by atoms with Crippen LogP contribution in [0.4, 0.5) is 17.2 Å². The molecule has 10 nitrogen and oxygen atoms in total. The summed E-state index contributed by atoms with van der Waals surface area (Å²) >= 11 is 0. The van der Waals surface area contributed by atoms with Gasteiger partial charge < -0.3 is 15.1 Å². The number of fused-ring (bicyclic) bond motifs is 1. The molecule has 176 valence electrons. The Kier molecular flexibility index (Phi) is 5.61. The van der Waals surface area contributed by atoms with E-state index in [0.717, 1.165) is 22.6 Å². The van der Waals surface area contributed by atoms with Crippen LogP contribution >= 0.6 is 0 Å². The van der Waals surface area contributed by atoms with E-state index in [2.05, 4.69) is 25.9 Å². The molecule has 0 aliphatic heterocycles. The third-order valence-electron chi connectivity index (χ3n) is 5.84. The van der Waals surface area contributed by atoms with E-state index in [9.17, 15) is 9.59 Å². The Morgan fingerprint density at radius 1 is 0.943 bits per heavy atom. The van der Waals surface area contributed by atoms with Crippen molar-refractivity contribution in [2.45, 2.75) is 27.3 Å². The summed E-state index contributed by atoms with van der Waals surface area (Å²) < 4.78 is 8.25. The zero-order valence-electron chi connectivity index (χ0n) is 19.4. The van der Waals surface area contributed by atoms with Crippen LogP contribution in [-0.4, -0.2) is 30.5 Å². The predicted octanol–water partition coefficient (Wildman–Crippen LogP) is 3.88. The number of nitrogens with zero attached hydrogens (tertiary/aromatic N) is 5. The zero-order chi connectivity index (χ0) is 24.5. The molecule has 5 aromatic rings. The van der Waals surface area contributed by atoms with Gasteiger partial charge in [-0.05, 0) is 74.9 Å². The van der Waals surface area contributed by atoms with Crippen LogP contribution in [0.5, 0.6) is 0 Å². The number of aromatic nitrogens is 5. The minimum atomic E-state index is -0.569. The highest BCUT2D eigenvalue weighted by molar-refractivity contribution is 5.91. The van der Waals surface area contributed by atoms with Gasteiger partial charge in [-0.25, -0.2) is 9.48 Å². The topological polar surface area (TPSA) is 120 Å². The number of para-hydroxylation sites is 2. The quantitative estimate of drug-likeness (QED) is 0.387. The molecule has 2 aromatic carbocycles. The van der Waals surface area contributed by atoms with Gasteiger partial charge >= 0.3 is 5.76 Å². The molecule has 0 saturated carbocycles. The van der Waals surface area contributed by atoms with Crippen molar-refractivity contribution >= 4 is 34.2 Å². The van der Waals surface area contributed by atoms with Gasteiger partial charge in [0.15, 0.2) is 17.2 Å². The average molecular weight is 470 g/mol. The highest BCUT2D eigenvalue weighted by Gasteiger charge is 2.13. The highest BCUT2D eigenvalue weighted by Crippen LogP contribution is 2.20. The molecule has 2 N–H and O–H groups in total. The Morgan fingerprint density at radius 2 is 1.69 bits per heavy atom. The summed E-state index contributed by atoms with van der Waals surface area (Å²) in [5.41, 5.74) is 5.53. The van der Waals surface area contributed by atoms with Gasteiger partial charge in [0.2, 0.25) is 5.91 Å². The molecule has 0 unspecified atom stereocenters. The van der Waals surface area contributed by atoms with E-state index in [1.54, 1.807) is 41.1 Å². The van der Waals surface area contributed by atoms with E-state index in [1.165, 1.54) is 4.57 Å². The van der Waals surface area contributed by atoms with Crippen LogP contribution in [0.2, 0.25) is 0 Å². The van der Waals surface area contributed by atoms with Crippen LogP contribution in [-0.2, 0) is 11.3 Å². The van der Waals surface area contributed by atoms with E-state index in [-0.39, 0.29) is 12.5 Å². The Balaban J connectivity index is 1.23. The third-order valence-corrected chi connectivity index (χ3v) is 5.84. The molecule has 0 spiro atoms. The number of carbonyl (C=O) groups is 1. The first-order valence-electron chi connectivity index (χ1n) is 11.0. The molecule has 0 atom stereocenters. The number of hydrogen-bond acceptors (Lipinski definition) is 7. The van der Waals surface area contributed by atoms with Crippen molar-refractivity contribution in [2.75, 3.05) is 10.6 Å². The molecule has 0 radical (unpaired) electrons. The van der Waals surface area contributed by atoms with Crippen LogP contribution in [0.1, 0.15) is 17.0 Å². The number of hydrogen-bond donors (Lipinski definition) is 2. The number of carbonyl (C=O) groups excluding carboxylic acids is 1. The second-order valence-electron chi connectivity index (χ2n) is 8.16. The largest absolute Gasteiger partial charge is 0.420 e. The lowest BCUT2D eigenvalue weighted by molar-refractivity contribution is -0.116. The molecule has 0 aliphatic carbocycles. The van der Waals surface area contributed by atoms with Crippen molar-refractivity contribution in [3.8, 4) is 5.82 Å². The van der Waals surface area contributed by atoms with Gasteiger partial charge in [-0.2, -0.15) is 5.10 Å². The smallest absolute Gasteiger partial charge is 0.408 e. The Morgan fingerprint density at radius 3 is 2.37 bits per heavy atom. The van der Waals surface area contributed by atoms with Gasteiger partial charge in [0.1, 0.15) is 6.54 Å². The van der Waals surface area contributed by atoms with Crippen molar-refractivity contribution in [3.63, 3.8) is 0 Å². The third kappa shape index (κ3) is 4.41. The van der Waals surface area contributed by atoms with Crippen LogP contribution in [0, 0.1) is 20.8 Å². The van der Waals surface area contributed by atoms with Crippen molar-refractivity contribution in [1.82, 2.24) is 24.5 Å². The predicted molar refractivity (Wildman–Crippen MR) is 132 cm³/mol. The van der Waals surface area contributed by atoms with E-state index in [4.69, 9.17) is 4.42 Å². The molecular formula is C25H23N7O3. The zero-order valence-corrected chi connectivity index (χ0v) is 19.4. The minimum absolute atomic E-state index is 0.146. The normalized spacial score (nSPS) is 11.1. The maximum absolute atomic E-state index is 12.5. The molecular weight excluding hydrogens is 446 g/mol. The number of benzene rings is 2. The van der Waals surface area contributed by atoms with Gasteiger partial charge in [-0.1, -0.05) is 12.1 Å². The average Bonchev–Trinajstić information content (AvgIpc) is 3.31. The van der Waals surface area contributed by atoms with Gasteiger partial charge in [0.25, 0.3) is 0 Å². The van der Waals surface area contributed by atoms with E-state index >= 15 is 0 Å². The molecule has 3 heterocycles. The van der Waals surface area contributed by atoms with Crippen molar-refractivity contribution < 1.29 is 9.21 Å². The monoisotopic (exact) mass is 469 g/mol. The second-order valence-corrected chi connectivity index (χ2v) is 8.16. The number of aryl methyl sites for hydroxylation is 1. The fourth-order valence-corrected chi connectivity index (χ4v) is 3.74. The second kappa shape index (κ2) is 8.90. The summed E-state index contributed by atoms with van der Waals surface area (Å²) in [5.74, 6) is 0.322. The SMILES string of the molecule is Cc1nn(-c2ccc(Nc3ccc(NC(=O)Cn4c(=O)oc5ccccc54)cc3)nn2)c(C)c1C. The lowest BCUT2D eigenvalue weighted by atomic mass is 10.2. The van der Waals surface area contributed by atoms with Crippen LogP contribution in [0.15, 0.2) is 69.9 Å². The summed E-state index contributed by atoms with van der Waals surface area (Å²) in [6, 6.07) is 17.8. The summed E-state index contributed by atoms with van der Waals surface area (Å²) in [4.78, 5) is 24.6. The summed E-state index contributed by atoms with van der Waals surface area (Å²) in [6.07, 6.45) is 0. The number of amides is 1. The van der Waals surface area contributed by atoms with Crippen molar-refractivity contribution in [1.29, 1.82) is 0 Å². The fourth-order valence-electron chi connectivity index (χ4n) is 3.74. The van der Waals surface area contributed by atoms with Crippen LogP contribution in [0.3, 0.4) is 0 Å². The number of anilines is 3. The maximum atomic E-state index is 12.5. The Labute approximate surface area is 200 Å². The van der Waals surface area contributed by atoms with Crippen molar-refractivity contribution in [3.05, 3.63) is 88.2 Å². The molecule has 3 aromatic heterocycles. The molecule has 1 amide bonds. The fraction of sp³-hybridized carbons (Fsp3) is 0.160. The van der Waals surface area contributed by atoms with Crippen LogP contribution in [0.25, 0.3) is 16.9 Å².